The summed E-state index contributed by atoms with van der Waals surface area (Å²) in [5.74, 6) is 0. The molecule has 0 saturated heterocycles. The maximum atomic E-state index is 6.50. The highest BCUT2D eigenvalue weighted by Crippen LogP contribution is 2.46. The summed E-state index contributed by atoms with van der Waals surface area (Å²) in [5, 5.41) is 4.80. The van der Waals surface area contributed by atoms with Gasteiger partial charge in [0.05, 0.1) is 5.69 Å². The van der Waals surface area contributed by atoms with Crippen LogP contribution < -0.4 is 4.90 Å². The van der Waals surface area contributed by atoms with Crippen LogP contribution in [0.25, 0.3) is 86.6 Å². The zero-order valence-electron chi connectivity index (χ0n) is 31.0. The van der Waals surface area contributed by atoms with Crippen LogP contribution in [-0.2, 0) is 0 Å². The second-order valence-corrected chi connectivity index (χ2v) is 15.5. The number of hydrogen-bond donors (Lipinski definition) is 0. The molecule has 57 heavy (non-hydrogen) atoms. The summed E-state index contributed by atoms with van der Waals surface area (Å²) < 4.78 is 9.07. The average Bonchev–Trinajstić information content (AvgIpc) is 3.86. The summed E-state index contributed by atoms with van der Waals surface area (Å²) in [4.78, 5) is 2.41. The van der Waals surface area contributed by atoms with E-state index in [1.54, 1.807) is 0 Å². The Hall–Kier alpha value is -7.20. The van der Waals surface area contributed by atoms with Gasteiger partial charge in [0.1, 0.15) is 11.2 Å². The Morgan fingerprint density at radius 1 is 0.351 bits per heavy atom. The SMILES string of the molecule is c1ccc(-c2ccccc2-c2ccc(N(c3ccc(-c4ccc5oc6c(-c7ccccc7)cccc6c5c4)cc3)c3cccc4sc5ccccc5c34)cc2)cc1. The highest BCUT2D eigenvalue weighted by atomic mass is 32.1. The molecule has 11 aromatic rings. The van der Waals surface area contributed by atoms with Crippen LogP contribution in [0.5, 0.6) is 0 Å². The smallest absolute Gasteiger partial charge is 0.143 e. The molecule has 0 saturated carbocycles. The Morgan fingerprint density at radius 2 is 0.877 bits per heavy atom. The topological polar surface area (TPSA) is 16.4 Å². The van der Waals surface area contributed by atoms with Crippen molar-refractivity contribution < 1.29 is 4.42 Å². The summed E-state index contributed by atoms with van der Waals surface area (Å²) in [6, 6.07) is 76.3. The Morgan fingerprint density at radius 3 is 1.60 bits per heavy atom. The third-order valence-corrected chi connectivity index (χ3v) is 12.2. The average molecular weight is 746 g/mol. The number of fused-ring (bicyclic) bond motifs is 6. The summed E-state index contributed by atoms with van der Waals surface area (Å²) in [6.07, 6.45) is 0. The molecule has 0 bridgehead atoms. The quantitative estimate of drug-likeness (QED) is 0.162. The van der Waals surface area contributed by atoms with Crippen molar-refractivity contribution in [2.24, 2.45) is 0 Å². The predicted octanol–water partition coefficient (Wildman–Crippen LogP) is 16.1. The molecule has 0 unspecified atom stereocenters. The fourth-order valence-electron chi connectivity index (χ4n) is 8.39. The maximum Gasteiger partial charge on any atom is 0.143 e. The van der Waals surface area contributed by atoms with Gasteiger partial charge in [0.2, 0.25) is 0 Å². The number of hydrogen-bond acceptors (Lipinski definition) is 3. The van der Waals surface area contributed by atoms with Crippen molar-refractivity contribution in [1.29, 1.82) is 0 Å². The summed E-state index contributed by atoms with van der Waals surface area (Å²) in [5.41, 5.74) is 14.6. The molecule has 268 valence electrons. The first kappa shape index (κ1) is 33.2. The second-order valence-electron chi connectivity index (χ2n) is 14.5. The molecular weight excluding hydrogens is 711 g/mol. The van der Waals surface area contributed by atoms with E-state index in [4.69, 9.17) is 4.42 Å². The van der Waals surface area contributed by atoms with Crippen molar-refractivity contribution in [3.05, 3.63) is 212 Å². The number of anilines is 3. The molecule has 0 spiro atoms. The van der Waals surface area contributed by atoms with E-state index < -0.39 is 0 Å². The van der Waals surface area contributed by atoms with Gasteiger partial charge in [0.25, 0.3) is 0 Å². The number of thiophene rings is 1. The lowest BCUT2D eigenvalue weighted by molar-refractivity contribution is 0.670. The van der Waals surface area contributed by atoms with Crippen molar-refractivity contribution in [1.82, 2.24) is 0 Å². The number of rotatable bonds is 7. The van der Waals surface area contributed by atoms with Crippen LogP contribution in [0.4, 0.5) is 17.1 Å². The zero-order chi connectivity index (χ0) is 37.7. The Kier molecular flexibility index (Phi) is 8.04. The second kappa shape index (κ2) is 13.8. The van der Waals surface area contributed by atoms with E-state index in [9.17, 15) is 0 Å². The maximum absolute atomic E-state index is 6.50. The molecule has 0 atom stereocenters. The van der Waals surface area contributed by atoms with Gasteiger partial charge in [-0.2, -0.15) is 0 Å². The van der Waals surface area contributed by atoms with Crippen molar-refractivity contribution in [3.8, 4) is 44.5 Å². The van der Waals surface area contributed by atoms with Gasteiger partial charge in [-0.15, -0.1) is 11.3 Å². The summed E-state index contributed by atoms with van der Waals surface area (Å²) in [6.45, 7) is 0. The highest BCUT2D eigenvalue weighted by Gasteiger charge is 2.20. The first-order chi connectivity index (χ1) is 28.3. The van der Waals surface area contributed by atoms with Crippen molar-refractivity contribution >= 4 is 70.5 Å². The molecule has 11 rings (SSSR count). The van der Waals surface area contributed by atoms with Crippen molar-refractivity contribution in [3.63, 3.8) is 0 Å². The standard InChI is InChI=1S/C54H35NOS/c1-3-13-37(14-4-1)43-17-7-8-18-44(43)39-27-32-42(33-28-39)55(49-22-12-24-52-53(49)47-19-9-10-23-51(47)57-52)41-30-25-36(26-31-41)40-29-34-50-48(35-40)46-21-11-20-45(54(46)56-50)38-15-5-2-6-16-38/h1-35H. The van der Waals surface area contributed by atoms with E-state index in [0.717, 1.165) is 61.3 Å². The van der Waals surface area contributed by atoms with Gasteiger partial charge >= 0.3 is 0 Å². The van der Waals surface area contributed by atoms with E-state index >= 15 is 0 Å². The summed E-state index contributed by atoms with van der Waals surface area (Å²) in [7, 11) is 0. The monoisotopic (exact) mass is 745 g/mol. The Bertz CT molecular complexity index is 3210. The largest absolute Gasteiger partial charge is 0.455 e. The molecule has 2 nitrogen and oxygen atoms in total. The minimum absolute atomic E-state index is 0.894. The van der Waals surface area contributed by atoms with E-state index in [-0.39, 0.29) is 0 Å². The molecule has 3 heteroatoms. The molecular formula is C54H35NOS. The lowest BCUT2D eigenvalue weighted by Gasteiger charge is -2.27. The molecule has 0 fully saturated rings. The molecule has 0 N–H and O–H groups in total. The number of furan rings is 1. The first-order valence-corrected chi connectivity index (χ1v) is 20.1. The lowest BCUT2D eigenvalue weighted by Crippen LogP contribution is -2.10. The first-order valence-electron chi connectivity index (χ1n) is 19.3. The van der Waals surface area contributed by atoms with Crippen molar-refractivity contribution in [2.45, 2.75) is 0 Å². The Balaban J connectivity index is 1.01. The number of para-hydroxylation sites is 1. The van der Waals surface area contributed by atoms with Gasteiger partial charge in [0, 0.05) is 47.9 Å². The normalized spacial score (nSPS) is 11.5. The van der Waals surface area contributed by atoms with Gasteiger partial charge < -0.3 is 9.32 Å². The number of benzene rings is 9. The molecule has 2 aromatic heterocycles. The third-order valence-electron chi connectivity index (χ3n) is 11.1. The Labute approximate surface area is 335 Å². The predicted molar refractivity (Wildman–Crippen MR) is 243 cm³/mol. The van der Waals surface area contributed by atoms with E-state index in [1.807, 2.05) is 17.4 Å². The van der Waals surface area contributed by atoms with E-state index in [1.165, 1.54) is 42.4 Å². The molecule has 0 radical (unpaired) electrons. The van der Waals surface area contributed by atoms with Crippen LogP contribution in [0.3, 0.4) is 0 Å². The minimum atomic E-state index is 0.894. The fourth-order valence-corrected chi connectivity index (χ4v) is 9.52. The van der Waals surface area contributed by atoms with Gasteiger partial charge in [-0.05, 0) is 93.5 Å². The van der Waals surface area contributed by atoms with Gasteiger partial charge in [-0.25, -0.2) is 0 Å². The summed E-state index contributed by atoms with van der Waals surface area (Å²) >= 11 is 1.85. The molecule has 0 aliphatic heterocycles. The lowest BCUT2D eigenvalue weighted by atomic mass is 9.94. The van der Waals surface area contributed by atoms with Crippen LogP contribution in [0.1, 0.15) is 0 Å². The third kappa shape index (κ3) is 5.80. The number of nitrogens with zero attached hydrogens (tertiary/aromatic N) is 1. The highest BCUT2D eigenvalue weighted by molar-refractivity contribution is 7.26. The molecule has 9 aromatic carbocycles. The van der Waals surface area contributed by atoms with E-state index in [2.05, 4.69) is 211 Å². The van der Waals surface area contributed by atoms with Crippen LogP contribution in [0, 0.1) is 0 Å². The molecule has 2 heterocycles. The molecule has 0 amide bonds. The van der Waals surface area contributed by atoms with Crippen molar-refractivity contribution in [2.75, 3.05) is 4.90 Å². The van der Waals surface area contributed by atoms with Gasteiger partial charge in [-0.1, -0.05) is 158 Å². The molecule has 0 aliphatic carbocycles. The van der Waals surface area contributed by atoms with Crippen LogP contribution in [-0.4, -0.2) is 0 Å². The van der Waals surface area contributed by atoms with Crippen LogP contribution >= 0.6 is 11.3 Å². The van der Waals surface area contributed by atoms with Gasteiger partial charge in [-0.3, -0.25) is 0 Å². The van der Waals surface area contributed by atoms with Gasteiger partial charge in [0.15, 0.2) is 0 Å². The van der Waals surface area contributed by atoms with E-state index in [0.29, 0.717) is 0 Å². The van der Waals surface area contributed by atoms with Crippen LogP contribution in [0.15, 0.2) is 217 Å². The fraction of sp³-hybridized carbons (Fsp3) is 0. The minimum Gasteiger partial charge on any atom is -0.455 e. The van der Waals surface area contributed by atoms with Crippen LogP contribution in [0.2, 0.25) is 0 Å². The zero-order valence-corrected chi connectivity index (χ0v) is 31.8. The molecule has 0 aliphatic rings.